The Labute approximate surface area is 320 Å². The van der Waals surface area contributed by atoms with Gasteiger partial charge in [-0.05, 0) is 108 Å². The minimum atomic E-state index is -0.447. The van der Waals surface area contributed by atoms with Crippen molar-refractivity contribution in [1.29, 1.82) is 0 Å². The second-order valence-corrected chi connectivity index (χ2v) is 12.9. The number of allylic oxidation sites excluding steroid dienone is 2. The minimum absolute atomic E-state index is 0.00502. The summed E-state index contributed by atoms with van der Waals surface area (Å²) in [7, 11) is 0. The Kier molecular flexibility index (Phi) is 9.58. The number of benzene rings is 3. The van der Waals surface area contributed by atoms with Gasteiger partial charge < -0.3 is 20.2 Å². The SMILES string of the molecule is Nc1ccccc2nc(c(-c3ccc(Oc4ccc([N+](=O)[O-])cc4)cc3)c3ccc(cc4nc(c1C1=CCC(Oc5ccc([N+](=O)[O-])cc5)C=C1)C=C4)[nH]3)C=C2. The average Bonchev–Trinajstić information content (AvgIpc) is 3.98. The summed E-state index contributed by atoms with van der Waals surface area (Å²) < 4.78 is 12.0. The fourth-order valence-electron chi connectivity index (χ4n) is 6.47. The van der Waals surface area contributed by atoms with Crippen LogP contribution in [0.25, 0.3) is 52.0 Å². The van der Waals surface area contributed by atoms with Crippen LogP contribution in [0.4, 0.5) is 17.1 Å². The molecule has 0 radical (unpaired) electrons. The van der Waals surface area contributed by atoms with Gasteiger partial charge in [0.25, 0.3) is 11.4 Å². The van der Waals surface area contributed by atoms with Crippen molar-refractivity contribution >= 4 is 58.0 Å². The van der Waals surface area contributed by atoms with Crippen LogP contribution >= 0.6 is 0 Å². The van der Waals surface area contributed by atoms with Crippen molar-refractivity contribution in [2.45, 2.75) is 12.5 Å². The fraction of sp³-hybridized carbons (Fsp3) is 0.0455. The lowest BCUT2D eigenvalue weighted by molar-refractivity contribution is -0.385. The molecule has 12 nitrogen and oxygen atoms in total. The summed E-state index contributed by atoms with van der Waals surface area (Å²) in [5, 5.41) is 22.1. The molecular weight excluding hydrogens is 709 g/mol. The second kappa shape index (κ2) is 15.2. The number of anilines is 1. The molecule has 1 aliphatic carbocycles. The zero-order valence-corrected chi connectivity index (χ0v) is 29.6. The van der Waals surface area contributed by atoms with Gasteiger partial charge in [0, 0.05) is 58.5 Å². The number of fused-ring (bicyclic) bond motifs is 6. The van der Waals surface area contributed by atoms with Crippen molar-refractivity contribution in [2.75, 3.05) is 5.73 Å². The van der Waals surface area contributed by atoms with Gasteiger partial charge in [-0.3, -0.25) is 20.2 Å². The Morgan fingerprint density at radius 3 is 1.93 bits per heavy atom. The van der Waals surface area contributed by atoms with Crippen molar-refractivity contribution in [1.82, 2.24) is 15.0 Å². The van der Waals surface area contributed by atoms with E-state index in [-0.39, 0.29) is 17.5 Å². The number of nitrogens with one attached hydrogen (secondary N) is 1. The summed E-state index contributed by atoms with van der Waals surface area (Å²) >= 11 is 0. The van der Waals surface area contributed by atoms with Gasteiger partial charge in [-0.2, -0.15) is 0 Å². The molecule has 3 N–H and O–H groups in total. The Hall–Kier alpha value is -7.86. The first-order chi connectivity index (χ1) is 27.3. The lowest BCUT2D eigenvalue weighted by Crippen LogP contribution is -2.15. The van der Waals surface area contributed by atoms with Crippen LogP contribution in [0.1, 0.15) is 34.8 Å². The zero-order chi connectivity index (χ0) is 38.6. The van der Waals surface area contributed by atoms with E-state index in [1.165, 1.54) is 24.3 Å². The smallest absolute Gasteiger partial charge is 0.269 e. The molecule has 3 aliphatic rings. The van der Waals surface area contributed by atoms with Crippen LogP contribution in [0.2, 0.25) is 0 Å². The number of H-pyrrole nitrogens is 1. The summed E-state index contributed by atoms with van der Waals surface area (Å²) in [6.45, 7) is 0. The Morgan fingerprint density at radius 2 is 1.27 bits per heavy atom. The van der Waals surface area contributed by atoms with Gasteiger partial charge in [0.1, 0.15) is 23.4 Å². The predicted molar refractivity (Wildman–Crippen MR) is 218 cm³/mol. The van der Waals surface area contributed by atoms with Gasteiger partial charge in [0.2, 0.25) is 0 Å². The van der Waals surface area contributed by atoms with E-state index in [4.69, 9.17) is 25.2 Å². The number of nitrogen functional groups attached to an aromatic ring is 1. The van der Waals surface area contributed by atoms with E-state index in [9.17, 15) is 20.2 Å². The molecule has 3 aromatic carbocycles. The highest BCUT2D eigenvalue weighted by atomic mass is 16.6. The maximum Gasteiger partial charge on any atom is 0.269 e. The predicted octanol–water partition coefficient (Wildman–Crippen LogP) is 10.4. The lowest BCUT2D eigenvalue weighted by atomic mass is 9.96. The Morgan fingerprint density at radius 1 is 0.661 bits per heavy atom. The number of hydrogen-bond donors (Lipinski definition) is 2. The summed E-state index contributed by atoms with van der Waals surface area (Å²) in [6, 6.07) is 33.1. The number of nitrogens with zero attached hydrogens (tertiary/aromatic N) is 4. The number of ether oxygens (including phenoxy) is 2. The molecule has 0 amide bonds. The summed E-state index contributed by atoms with van der Waals surface area (Å²) in [5.41, 5.74) is 15.5. The number of aromatic amines is 1. The molecule has 0 fully saturated rings. The molecule has 2 aliphatic heterocycles. The zero-order valence-electron chi connectivity index (χ0n) is 29.6. The molecule has 1 unspecified atom stereocenters. The highest BCUT2D eigenvalue weighted by Gasteiger charge is 2.17. The second-order valence-electron chi connectivity index (χ2n) is 12.9. The van der Waals surface area contributed by atoms with E-state index >= 15 is 0 Å². The third-order valence-corrected chi connectivity index (χ3v) is 9.17. The maximum atomic E-state index is 11.0. The molecule has 274 valence electrons. The molecule has 0 spiro atoms. The maximum absolute atomic E-state index is 11.0. The van der Waals surface area contributed by atoms with Gasteiger partial charge in [-0.15, -0.1) is 0 Å². The average molecular weight is 741 g/mol. The monoisotopic (exact) mass is 740 g/mol. The number of non-ortho nitro benzene ring substituents is 2. The molecule has 5 aromatic rings. The molecule has 1 atom stereocenters. The van der Waals surface area contributed by atoms with E-state index in [1.54, 1.807) is 24.3 Å². The molecule has 56 heavy (non-hydrogen) atoms. The van der Waals surface area contributed by atoms with Crippen LogP contribution in [-0.2, 0) is 0 Å². The van der Waals surface area contributed by atoms with Gasteiger partial charge in [-0.1, -0.05) is 36.4 Å². The Balaban J connectivity index is 1.13. The van der Waals surface area contributed by atoms with Crippen LogP contribution in [0, 0.1) is 20.2 Å². The first-order valence-corrected chi connectivity index (χ1v) is 17.6. The normalized spacial score (nSPS) is 14.1. The van der Waals surface area contributed by atoms with Crippen molar-refractivity contribution < 1.29 is 19.3 Å². The topological polar surface area (TPSA) is 172 Å². The van der Waals surface area contributed by atoms with Crippen LogP contribution in [-0.4, -0.2) is 30.9 Å². The van der Waals surface area contributed by atoms with Gasteiger partial charge in [-0.25, -0.2) is 9.97 Å². The third kappa shape index (κ3) is 7.75. The van der Waals surface area contributed by atoms with E-state index in [2.05, 4.69) is 11.1 Å². The van der Waals surface area contributed by atoms with Crippen LogP contribution in [0.3, 0.4) is 0 Å². The molecule has 0 saturated heterocycles. The molecule has 12 heteroatoms. The first kappa shape index (κ1) is 35.2. The van der Waals surface area contributed by atoms with Crippen molar-refractivity contribution in [2.24, 2.45) is 0 Å². The van der Waals surface area contributed by atoms with Gasteiger partial charge in [0.15, 0.2) is 0 Å². The molecular formula is C44H32N6O6. The quantitative estimate of drug-likeness (QED) is 0.114. The third-order valence-electron chi connectivity index (χ3n) is 9.17. The van der Waals surface area contributed by atoms with Crippen LogP contribution in [0.15, 0.2) is 133 Å². The number of aromatic nitrogens is 3. The van der Waals surface area contributed by atoms with E-state index in [1.807, 2.05) is 103 Å². The summed E-state index contributed by atoms with van der Waals surface area (Å²) in [5.74, 6) is 1.62. The number of hydrogen-bond acceptors (Lipinski definition) is 9. The van der Waals surface area contributed by atoms with E-state index in [0.717, 1.165) is 50.4 Å². The number of rotatable bonds is 8. The highest BCUT2D eigenvalue weighted by molar-refractivity contribution is 5.92. The number of nitrogens with two attached hydrogens (primary N) is 1. The standard InChI is InChI=1S/C44H32N6O6/c45-39-4-2-1-3-30-9-24-41(46-30)44(29-7-18-36(19-8-29)56-38-22-14-34(15-23-38)50(53)54)42-26-11-32(48-42)27-31-10-25-40(47-31)43(39)28-5-16-35(17-6-28)55-37-20-12-33(13-21-37)49(51)52/h1-16,18-27,35,48H,17,45H2. The first-order valence-electron chi connectivity index (χ1n) is 17.6. The molecule has 0 saturated carbocycles. The largest absolute Gasteiger partial charge is 0.486 e. The minimum Gasteiger partial charge on any atom is -0.486 e. The highest BCUT2D eigenvalue weighted by Crippen LogP contribution is 2.34. The molecule has 2 aromatic heterocycles. The van der Waals surface area contributed by atoms with E-state index in [0.29, 0.717) is 35.1 Å². The lowest BCUT2D eigenvalue weighted by Gasteiger charge is -2.19. The van der Waals surface area contributed by atoms with Crippen LogP contribution in [0.5, 0.6) is 17.2 Å². The van der Waals surface area contributed by atoms with Gasteiger partial charge >= 0.3 is 0 Å². The molecule has 8 rings (SSSR count). The molecule has 4 heterocycles. The van der Waals surface area contributed by atoms with Crippen molar-refractivity contribution in [3.63, 3.8) is 0 Å². The number of nitro groups is 2. The summed E-state index contributed by atoms with van der Waals surface area (Å²) in [4.78, 5) is 34.6. The van der Waals surface area contributed by atoms with Crippen molar-refractivity contribution in [3.05, 3.63) is 182 Å². The van der Waals surface area contributed by atoms with E-state index < -0.39 is 9.85 Å². The molecule has 6 bridgehead atoms. The summed E-state index contributed by atoms with van der Waals surface area (Å²) in [6.07, 6.45) is 14.1. The number of nitro benzene ring substituents is 2. The Bertz CT molecular complexity index is 2680. The van der Waals surface area contributed by atoms with Crippen molar-refractivity contribution in [3.8, 4) is 28.4 Å². The fourth-order valence-corrected chi connectivity index (χ4v) is 6.47. The van der Waals surface area contributed by atoms with Gasteiger partial charge in [0.05, 0.1) is 32.6 Å². The van der Waals surface area contributed by atoms with Crippen LogP contribution < -0.4 is 15.2 Å².